The predicted molar refractivity (Wildman–Crippen MR) is 54.8 cm³/mol. The molecule has 2 nitrogen and oxygen atoms in total. The number of hydrogen-bond donors (Lipinski definition) is 0. The quantitative estimate of drug-likeness (QED) is 0.635. The van der Waals surface area contributed by atoms with Crippen LogP contribution in [0.2, 0.25) is 0 Å². The van der Waals surface area contributed by atoms with Gasteiger partial charge in [-0.2, -0.15) is 0 Å². The number of carbonyl (C=O) groups is 1. The van der Waals surface area contributed by atoms with Crippen molar-refractivity contribution in [1.82, 2.24) is 0 Å². The van der Waals surface area contributed by atoms with E-state index in [1.54, 1.807) is 0 Å². The van der Waals surface area contributed by atoms with Gasteiger partial charge in [-0.05, 0) is 24.7 Å². The van der Waals surface area contributed by atoms with Gasteiger partial charge >= 0.3 is 5.97 Å². The molecule has 2 rings (SSSR count). The molecule has 3 unspecified atom stereocenters. The average molecular weight is 196 g/mol. The van der Waals surface area contributed by atoms with Gasteiger partial charge in [0, 0.05) is 5.41 Å². The number of carbonyl (C=O) groups excluding carboxylic acids is 1. The lowest BCUT2D eigenvalue weighted by molar-refractivity contribution is -0.137. The summed E-state index contributed by atoms with van der Waals surface area (Å²) >= 11 is 0. The van der Waals surface area contributed by atoms with Gasteiger partial charge < -0.3 is 4.74 Å². The topological polar surface area (TPSA) is 26.3 Å². The summed E-state index contributed by atoms with van der Waals surface area (Å²) in [5, 5.41) is 0. The summed E-state index contributed by atoms with van der Waals surface area (Å²) < 4.78 is 5.18. The lowest BCUT2D eigenvalue weighted by Gasteiger charge is -2.26. The van der Waals surface area contributed by atoms with Crippen LogP contribution in [0.3, 0.4) is 0 Å². The Morgan fingerprint density at radius 1 is 1.43 bits per heavy atom. The maximum absolute atomic E-state index is 11.2. The molecule has 2 fully saturated rings. The molecule has 80 valence electrons. The van der Waals surface area contributed by atoms with E-state index in [9.17, 15) is 4.79 Å². The lowest BCUT2D eigenvalue weighted by Crippen LogP contribution is -2.25. The first kappa shape index (κ1) is 10.0. The Labute approximate surface area is 86.0 Å². The van der Waals surface area contributed by atoms with Gasteiger partial charge in [0.2, 0.25) is 0 Å². The van der Waals surface area contributed by atoms with Crippen molar-refractivity contribution < 1.29 is 9.53 Å². The minimum absolute atomic E-state index is 0.0280. The number of esters is 1. The molecule has 3 atom stereocenters. The predicted octanol–water partition coefficient (Wildman–Crippen LogP) is 2.77. The van der Waals surface area contributed by atoms with Gasteiger partial charge in [0.15, 0.2) is 0 Å². The smallest absolute Gasteiger partial charge is 0.306 e. The highest BCUT2D eigenvalue weighted by molar-refractivity contribution is 5.72. The highest BCUT2D eigenvalue weighted by Crippen LogP contribution is 2.53. The zero-order chi connectivity index (χ0) is 10.2. The highest BCUT2D eigenvalue weighted by Gasteiger charge is 2.51. The van der Waals surface area contributed by atoms with Crippen LogP contribution in [-0.4, -0.2) is 12.6 Å². The maximum atomic E-state index is 11.2. The molecule has 1 saturated carbocycles. The van der Waals surface area contributed by atoms with Crippen LogP contribution < -0.4 is 0 Å². The van der Waals surface area contributed by atoms with E-state index in [1.807, 2.05) is 0 Å². The molecular weight excluding hydrogens is 176 g/mol. The molecule has 1 aliphatic carbocycles. The lowest BCUT2D eigenvalue weighted by atomic mass is 9.76. The first-order valence-electron chi connectivity index (χ1n) is 5.86. The van der Waals surface area contributed by atoms with Gasteiger partial charge in [-0.15, -0.1) is 0 Å². The van der Waals surface area contributed by atoms with Crippen molar-refractivity contribution in [3.05, 3.63) is 0 Å². The van der Waals surface area contributed by atoms with Crippen molar-refractivity contribution in [2.75, 3.05) is 6.61 Å². The van der Waals surface area contributed by atoms with Gasteiger partial charge in [0.05, 0.1) is 13.0 Å². The van der Waals surface area contributed by atoms with Crippen LogP contribution in [0.1, 0.15) is 46.0 Å². The van der Waals surface area contributed by atoms with E-state index < -0.39 is 0 Å². The first-order valence-corrected chi connectivity index (χ1v) is 5.86. The Kier molecular flexibility index (Phi) is 2.54. The van der Waals surface area contributed by atoms with Crippen molar-refractivity contribution in [3.63, 3.8) is 0 Å². The summed E-state index contributed by atoms with van der Waals surface area (Å²) in [5.41, 5.74) is 0.229. The van der Waals surface area contributed by atoms with E-state index in [-0.39, 0.29) is 11.4 Å². The molecule has 0 N–H and O–H groups in total. The van der Waals surface area contributed by atoms with Gasteiger partial charge in [0.1, 0.15) is 0 Å². The summed E-state index contributed by atoms with van der Waals surface area (Å²) in [6.45, 7) is 5.20. The molecule has 0 aromatic carbocycles. The normalized spacial score (nSPS) is 42.0. The molecule has 1 heterocycles. The number of hydrogen-bond acceptors (Lipinski definition) is 2. The molecule has 0 bridgehead atoms. The maximum Gasteiger partial charge on any atom is 0.306 e. The zero-order valence-electron chi connectivity index (χ0n) is 9.21. The standard InChI is InChI=1S/C12H20O2/c1-3-9-5-10(4-2)12(6-9)7-11(13)14-8-12/h9-10H,3-8H2,1-2H3. The van der Waals surface area contributed by atoms with Gasteiger partial charge in [-0.25, -0.2) is 0 Å². The molecule has 14 heavy (non-hydrogen) atoms. The largest absolute Gasteiger partial charge is 0.465 e. The highest BCUT2D eigenvalue weighted by atomic mass is 16.5. The monoisotopic (exact) mass is 196 g/mol. The van der Waals surface area contributed by atoms with Crippen molar-refractivity contribution in [2.45, 2.75) is 46.0 Å². The van der Waals surface area contributed by atoms with Crippen LogP contribution >= 0.6 is 0 Å². The molecule has 2 heteroatoms. The second kappa shape index (κ2) is 3.56. The van der Waals surface area contributed by atoms with Crippen LogP contribution in [-0.2, 0) is 9.53 Å². The third kappa shape index (κ3) is 1.45. The fraction of sp³-hybridized carbons (Fsp3) is 0.917. The Morgan fingerprint density at radius 2 is 2.21 bits per heavy atom. The van der Waals surface area contributed by atoms with E-state index in [0.29, 0.717) is 13.0 Å². The van der Waals surface area contributed by atoms with E-state index in [0.717, 1.165) is 11.8 Å². The van der Waals surface area contributed by atoms with Crippen LogP contribution in [0.25, 0.3) is 0 Å². The molecule has 0 aromatic rings. The third-order valence-electron chi connectivity index (χ3n) is 4.27. The minimum Gasteiger partial charge on any atom is -0.465 e. The Bertz CT molecular complexity index is 236. The van der Waals surface area contributed by atoms with Gasteiger partial charge in [-0.3, -0.25) is 4.79 Å². The molecular formula is C12H20O2. The fourth-order valence-electron chi connectivity index (χ4n) is 3.39. The summed E-state index contributed by atoms with van der Waals surface area (Å²) in [7, 11) is 0. The summed E-state index contributed by atoms with van der Waals surface area (Å²) in [5.74, 6) is 1.58. The molecule has 1 aliphatic heterocycles. The minimum atomic E-state index is 0.0280. The second-order valence-corrected chi connectivity index (χ2v) is 5.02. The molecule has 2 aliphatic rings. The SMILES string of the molecule is CCC1CC(CC)C2(COC(=O)C2)C1. The fourth-order valence-corrected chi connectivity index (χ4v) is 3.39. The second-order valence-electron chi connectivity index (χ2n) is 5.02. The first-order chi connectivity index (χ1) is 6.70. The van der Waals surface area contributed by atoms with Crippen molar-refractivity contribution in [2.24, 2.45) is 17.3 Å². The van der Waals surface area contributed by atoms with Crippen LogP contribution in [0.5, 0.6) is 0 Å². The zero-order valence-corrected chi connectivity index (χ0v) is 9.21. The Morgan fingerprint density at radius 3 is 2.71 bits per heavy atom. The molecule has 0 aromatic heterocycles. The Balaban J connectivity index is 2.13. The molecule has 1 spiro atoms. The van der Waals surface area contributed by atoms with Crippen LogP contribution in [0, 0.1) is 17.3 Å². The third-order valence-corrected chi connectivity index (χ3v) is 4.27. The summed E-state index contributed by atoms with van der Waals surface area (Å²) in [6, 6.07) is 0. The number of ether oxygens (including phenoxy) is 1. The van der Waals surface area contributed by atoms with Crippen molar-refractivity contribution >= 4 is 5.97 Å². The molecule has 0 amide bonds. The van der Waals surface area contributed by atoms with E-state index in [2.05, 4.69) is 13.8 Å². The van der Waals surface area contributed by atoms with E-state index in [1.165, 1.54) is 25.7 Å². The Hall–Kier alpha value is -0.530. The summed E-state index contributed by atoms with van der Waals surface area (Å²) in [4.78, 5) is 11.2. The average Bonchev–Trinajstić information content (AvgIpc) is 2.71. The van der Waals surface area contributed by atoms with Gasteiger partial charge in [0.25, 0.3) is 0 Å². The summed E-state index contributed by atoms with van der Waals surface area (Å²) in [6.07, 6.45) is 5.67. The van der Waals surface area contributed by atoms with E-state index >= 15 is 0 Å². The number of cyclic esters (lactones) is 1. The van der Waals surface area contributed by atoms with Crippen LogP contribution in [0.15, 0.2) is 0 Å². The van der Waals surface area contributed by atoms with E-state index in [4.69, 9.17) is 4.74 Å². The van der Waals surface area contributed by atoms with Gasteiger partial charge in [-0.1, -0.05) is 26.7 Å². The van der Waals surface area contributed by atoms with Crippen LogP contribution in [0.4, 0.5) is 0 Å². The molecule has 1 saturated heterocycles. The molecule has 0 radical (unpaired) electrons. The van der Waals surface area contributed by atoms with Crippen molar-refractivity contribution in [3.8, 4) is 0 Å². The van der Waals surface area contributed by atoms with Crippen molar-refractivity contribution in [1.29, 1.82) is 0 Å². The number of rotatable bonds is 2.